The van der Waals surface area contributed by atoms with E-state index < -0.39 is 65.7 Å². The molecular formula is C11F20. The van der Waals surface area contributed by atoms with Gasteiger partial charge in [0.05, 0.1) is 0 Å². The van der Waals surface area contributed by atoms with Crippen LogP contribution in [0, 0.1) is 11.8 Å². The summed E-state index contributed by atoms with van der Waals surface area (Å²) in [7, 11) is 0. The van der Waals surface area contributed by atoms with Crippen LogP contribution in [-0.4, -0.2) is 53.8 Å². The van der Waals surface area contributed by atoms with Crippen LogP contribution in [0.3, 0.4) is 0 Å². The van der Waals surface area contributed by atoms with Gasteiger partial charge in [-0.2, -0.15) is 87.8 Å². The number of rotatable bonds is 5. The highest BCUT2D eigenvalue weighted by Gasteiger charge is 2.93. The molecule has 0 atom stereocenters. The van der Waals surface area contributed by atoms with Crippen molar-refractivity contribution >= 4 is 0 Å². The zero-order valence-electron chi connectivity index (χ0n) is 13.1. The maximum Gasteiger partial charge on any atom is 0.466 e. The van der Waals surface area contributed by atoms with Crippen molar-refractivity contribution in [3.8, 4) is 11.8 Å². The normalized spacial score (nSPS) is 16.1. The summed E-state index contributed by atoms with van der Waals surface area (Å²) in [5.74, 6) is -59.0. The van der Waals surface area contributed by atoms with Crippen molar-refractivity contribution in [2.24, 2.45) is 0 Å². The molecule has 0 amide bonds. The van der Waals surface area contributed by atoms with E-state index in [0.29, 0.717) is 0 Å². The summed E-state index contributed by atoms with van der Waals surface area (Å²) in [5, 5.41) is 0. The quantitative estimate of drug-likeness (QED) is 0.289. The Morgan fingerprint density at radius 1 is 0.258 bits per heavy atom. The predicted molar refractivity (Wildman–Crippen MR) is 54.5 cm³/mol. The van der Waals surface area contributed by atoms with Gasteiger partial charge in [-0.1, -0.05) is 0 Å². The van der Waals surface area contributed by atoms with Crippen molar-refractivity contribution in [2.45, 2.75) is 53.8 Å². The van der Waals surface area contributed by atoms with Crippen LogP contribution in [0.4, 0.5) is 87.8 Å². The number of hydrogen-bond acceptors (Lipinski definition) is 0. The van der Waals surface area contributed by atoms with Gasteiger partial charge >= 0.3 is 53.8 Å². The molecule has 0 fully saturated rings. The second kappa shape index (κ2) is 7.08. The molecule has 0 unspecified atom stereocenters. The molecule has 0 N–H and O–H groups in total. The largest absolute Gasteiger partial charge is 0.466 e. The Balaban J connectivity index is 6.67. The molecule has 0 aliphatic rings. The number of hydrogen-bond donors (Lipinski definition) is 0. The molecule has 0 aliphatic heterocycles. The van der Waals surface area contributed by atoms with Crippen LogP contribution >= 0.6 is 0 Å². The zero-order chi connectivity index (χ0) is 25.9. The summed E-state index contributed by atoms with van der Waals surface area (Å²) in [5.41, 5.74) is 0. The topological polar surface area (TPSA) is 0 Å². The van der Waals surface area contributed by atoms with Crippen molar-refractivity contribution in [3.05, 3.63) is 0 Å². The van der Waals surface area contributed by atoms with Crippen molar-refractivity contribution in [1.29, 1.82) is 0 Å². The fourth-order valence-electron chi connectivity index (χ4n) is 1.27. The molecule has 20 heteroatoms. The second-order valence-corrected chi connectivity index (χ2v) is 5.27. The van der Waals surface area contributed by atoms with Gasteiger partial charge in [-0.25, -0.2) is 0 Å². The molecule has 0 nitrogen and oxygen atoms in total. The van der Waals surface area contributed by atoms with Gasteiger partial charge in [-0.15, -0.1) is 0 Å². The molecule has 0 saturated heterocycles. The minimum absolute atomic E-state index is 1.07. The van der Waals surface area contributed by atoms with E-state index in [1.54, 1.807) is 0 Å². The lowest BCUT2D eigenvalue weighted by atomic mass is 9.91. The number of alkyl halides is 20. The van der Waals surface area contributed by atoms with Crippen LogP contribution in [0.5, 0.6) is 0 Å². The molecule has 31 heavy (non-hydrogen) atoms. The maximum absolute atomic E-state index is 13.1. The second-order valence-electron chi connectivity index (χ2n) is 5.27. The van der Waals surface area contributed by atoms with Crippen LogP contribution in [-0.2, 0) is 0 Å². The molecular weight excluding hydrogens is 512 g/mol. The zero-order valence-corrected chi connectivity index (χ0v) is 13.1. The molecule has 0 saturated carbocycles. The van der Waals surface area contributed by atoms with E-state index in [1.165, 1.54) is 0 Å². The molecule has 0 aliphatic carbocycles. The molecule has 0 radical (unpaired) electrons. The standard InChI is InChI=1S/C11F20/c12-3(13,1-2-4(14,15)10(26,27)28)5(16,17)6(18,19)7(20,21)8(22,23)9(24,25)11(29,30)31. The Morgan fingerprint density at radius 3 is 0.806 bits per heavy atom. The minimum atomic E-state index is -8.71. The minimum Gasteiger partial charge on any atom is -0.192 e. The lowest BCUT2D eigenvalue weighted by Gasteiger charge is -2.40. The third-order valence-corrected chi connectivity index (χ3v) is 3.06. The first kappa shape index (κ1) is 29.2. The fourth-order valence-corrected chi connectivity index (χ4v) is 1.27. The highest BCUT2D eigenvalue weighted by atomic mass is 19.4. The third-order valence-electron chi connectivity index (χ3n) is 3.06. The predicted octanol–water partition coefficient (Wildman–Crippen LogP) is 6.56. The molecule has 0 spiro atoms. The van der Waals surface area contributed by atoms with E-state index in [1.807, 2.05) is 0 Å². The molecule has 0 aromatic heterocycles. The van der Waals surface area contributed by atoms with E-state index in [9.17, 15) is 87.8 Å². The first-order chi connectivity index (χ1) is 13.0. The Morgan fingerprint density at radius 2 is 0.516 bits per heavy atom. The molecule has 0 aromatic carbocycles. The Bertz CT molecular complexity index is 721. The van der Waals surface area contributed by atoms with Gasteiger partial charge in [0.2, 0.25) is 0 Å². The van der Waals surface area contributed by atoms with Crippen LogP contribution in [0.2, 0.25) is 0 Å². The first-order valence-electron chi connectivity index (χ1n) is 6.28. The first-order valence-corrected chi connectivity index (χ1v) is 6.28. The molecule has 0 rings (SSSR count). The lowest BCUT2D eigenvalue weighted by molar-refractivity contribution is -0.449. The molecule has 184 valence electrons. The average Bonchev–Trinajstić information content (AvgIpc) is 2.50. The van der Waals surface area contributed by atoms with Crippen molar-refractivity contribution in [3.63, 3.8) is 0 Å². The van der Waals surface area contributed by atoms with Gasteiger partial charge in [0, 0.05) is 0 Å². The summed E-state index contributed by atoms with van der Waals surface area (Å²) >= 11 is 0. The van der Waals surface area contributed by atoms with Gasteiger partial charge in [-0.05, 0) is 11.8 Å². The smallest absolute Gasteiger partial charge is 0.192 e. The van der Waals surface area contributed by atoms with Gasteiger partial charge in [0.15, 0.2) is 0 Å². The van der Waals surface area contributed by atoms with Crippen LogP contribution < -0.4 is 0 Å². The Hall–Kier alpha value is -1.84. The number of halogens is 20. The van der Waals surface area contributed by atoms with Gasteiger partial charge in [-0.3, -0.25) is 0 Å². The van der Waals surface area contributed by atoms with Crippen molar-refractivity contribution in [1.82, 2.24) is 0 Å². The summed E-state index contributed by atoms with van der Waals surface area (Å²) in [4.78, 5) is 0. The third kappa shape index (κ3) is 4.15. The van der Waals surface area contributed by atoms with E-state index in [4.69, 9.17) is 0 Å². The summed E-state index contributed by atoms with van der Waals surface area (Å²) < 4.78 is 250. The van der Waals surface area contributed by atoms with Gasteiger partial charge in [0.25, 0.3) is 0 Å². The molecule has 0 heterocycles. The highest BCUT2D eigenvalue weighted by Crippen LogP contribution is 2.62. The van der Waals surface area contributed by atoms with E-state index in [0.717, 1.165) is 0 Å². The van der Waals surface area contributed by atoms with Crippen LogP contribution in [0.15, 0.2) is 0 Å². The van der Waals surface area contributed by atoms with Crippen molar-refractivity contribution in [2.75, 3.05) is 0 Å². The summed E-state index contributed by atoms with van der Waals surface area (Å²) in [6.45, 7) is 0. The van der Waals surface area contributed by atoms with Gasteiger partial charge in [0.1, 0.15) is 0 Å². The maximum atomic E-state index is 13.1. The van der Waals surface area contributed by atoms with Gasteiger partial charge < -0.3 is 0 Å². The van der Waals surface area contributed by atoms with E-state index in [2.05, 4.69) is 0 Å². The van der Waals surface area contributed by atoms with Crippen LogP contribution in [0.1, 0.15) is 0 Å². The highest BCUT2D eigenvalue weighted by molar-refractivity contribution is 5.25. The molecule has 0 bridgehead atoms. The average molecular weight is 512 g/mol. The van der Waals surface area contributed by atoms with Crippen molar-refractivity contribution < 1.29 is 87.8 Å². The summed E-state index contributed by atoms with van der Waals surface area (Å²) in [6.07, 6.45) is -14.8. The fraction of sp³-hybridized carbons (Fsp3) is 0.818. The van der Waals surface area contributed by atoms with Crippen LogP contribution in [0.25, 0.3) is 0 Å². The lowest BCUT2D eigenvalue weighted by Crippen LogP contribution is -2.72. The molecule has 0 aromatic rings. The SMILES string of the molecule is FC(F)(F)C(F)(F)C#CC(F)(F)C(F)(F)C(F)(F)C(F)(F)C(F)(F)C(F)(F)C(F)(F)F. The Kier molecular flexibility index (Phi) is 6.66. The van der Waals surface area contributed by atoms with E-state index >= 15 is 0 Å². The van der Waals surface area contributed by atoms with E-state index in [-0.39, 0.29) is 0 Å². The summed E-state index contributed by atoms with van der Waals surface area (Å²) in [6, 6.07) is 0. The Labute approximate surface area is 155 Å². The monoisotopic (exact) mass is 512 g/mol.